The molecule has 2 rings (SSSR count). The summed E-state index contributed by atoms with van der Waals surface area (Å²) in [4.78, 5) is 14.9. The second-order valence-electron chi connectivity index (χ2n) is 4.23. The lowest BCUT2D eigenvalue weighted by Crippen LogP contribution is -2.09. The van der Waals surface area contributed by atoms with Crippen molar-refractivity contribution >= 4 is 5.97 Å². The van der Waals surface area contributed by atoms with Crippen molar-refractivity contribution in [1.29, 1.82) is 0 Å². The molecule has 0 amide bonds. The number of rotatable bonds is 4. The molecule has 0 aromatic carbocycles. The molecule has 0 unspecified atom stereocenters. The van der Waals surface area contributed by atoms with Crippen LogP contribution in [0.4, 0.5) is 13.2 Å². The van der Waals surface area contributed by atoms with Gasteiger partial charge in [-0.3, -0.25) is 0 Å². The Bertz CT molecular complexity index is 665. The summed E-state index contributed by atoms with van der Waals surface area (Å²) in [5, 5.41) is 8.84. The SMILES string of the molecule is COc1cccc(Cn2cc(C(=O)O)c(C(F)(F)F)c2)n1. The number of hydrogen-bond donors (Lipinski definition) is 1. The van der Waals surface area contributed by atoms with Gasteiger partial charge in [-0.25, -0.2) is 9.78 Å². The number of methoxy groups -OCH3 is 1. The van der Waals surface area contributed by atoms with Crippen LogP contribution in [0.2, 0.25) is 0 Å². The average Bonchev–Trinajstić information content (AvgIpc) is 2.83. The van der Waals surface area contributed by atoms with Gasteiger partial charge >= 0.3 is 12.1 Å². The van der Waals surface area contributed by atoms with E-state index >= 15 is 0 Å². The Balaban J connectivity index is 2.34. The maximum atomic E-state index is 12.8. The fourth-order valence-electron chi connectivity index (χ4n) is 1.84. The van der Waals surface area contributed by atoms with Crippen LogP contribution >= 0.6 is 0 Å². The molecule has 2 heterocycles. The van der Waals surface area contributed by atoms with Crippen LogP contribution in [0.3, 0.4) is 0 Å². The molecule has 0 saturated carbocycles. The quantitative estimate of drug-likeness (QED) is 0.943. The summed E-state index contributed by atoms with van der Waals surface area (Å²) in [6.07, 6.45) is -3.03. The zero-order valence-electron chi connectivity index (χ0n) is 10.9. The van der Waals surface area contributed by atoms with Gasteiger partial charge in [-0.15, -0.1) is 0 Å². The number of nitrogens with zero attached hydrogens (tertiary/aromatic N) is 2. The molecule has 0 bridgehead atoms. The van der Waals surface area contributed by atoms with Gasteiger partial charge in [-0.05, 0) is 6.07 Å². The summed E-state index contributed by atoms with van der Waals surface area (Å²) in [7, 11) is 1.42. The Morgan fingerprint density at radius 2 is 2.10 bits per heavy atom. The number of halogens is 3. The van der Waals surface area contributed by atoms with Crippen LogP contribution in [0.25, 0.3) is 0 Å². The van der Waals surface area contributed by atoms with Crippen molar-refractivity contribution in [2.45, 2.75) is 12.7 Å². The maximum absolute atomic E-state index is 12.8. The summed E-state index contributed by atoms with van der Waals surface area (Å²) >= 11 is 0. The Labute approximate surface area is 117 Å². The summed E-state index contributed by atoms with van der Waals surface area (Å²) in [6.45, 7) is 0.00750. The van der Waals surface area contributed by atoms with Crippen molar-refractivity contribution in [3.8, 4) is 5.88 Å². The third-order valence-electron chi connectivity index (χ3n) is 2.75. The van der Waals surface area contributed by atoms with E-state index in [1.54, 1.807) is 18.2 Å². The van der Waals surface area contributed by atoms with Crippen LogP contribution < -0.4 is 4.74 Å². The van der Waals surface area contributed by atoms with Crippen LogP contribution in [0.15, 0.2) is 30.6 Å². The number of alkyl halides is 3. The van der Waals surface area contributed by atoms with E-state index in [0.29, 0.717) is 11.6 Å². The molecule has 0 aliphatic heterocycles. The van der Waals surface area contributed by atoms with Crippen LogP contribution in [0, 0.1) is 0 Å². The van der Waals surface area contributed by atoms with E-state index in [9.17, 15) is 18.0 Å². The topological polar surface area (TPSA) is 64.3 Å². The van der Waals surface area contributed by atoms with Gasteiger partial charge < -0.3 is 14.4 Å². The largest absolute Gasteiger partial charge is 0.481 e. The van der Waals surface area contributed by atoms with E-state index in [1.165, 1.54) is 7.11 Å². The predicted molar refractivity (Wildman–Crippen MR) is 66.3 cm³/mol. The lowest BCUT2D eigenvalue weighted by molar-refractivity contribution is -0.138. The molecule has 0 aliphatic carbocycles. The number of carboxylic acids is 1. The Morgan fingerprint density at radius 1 is 1.38 bits per heavy atom. The van der Waals surface area contributed by atoms with Crippen LogP contribution in [-0.2, 0) is 12.7 Å². The Hall–Kier alpha value is -2.51. The smallest absolute Gasteiger partial charge is 0.418 e. The second-order valence-corrected chi connectivity index (χ2v) is 4.23. The van der Waals surface area contributed by atoms with Gasteiger partial charge in [-0.1, -0.05) is 6.07 Å². The fraction of sp³-hybridized carbons (Fsp3) is 0.231. The monoisotopic (exact) mass is 300 g/mol. The van der Waals surface area contributed by atoms with E-state index in [2.05, 4.69) is 4.98 Å². The maximum Gasteiger partial charge on any atom is 0.418 e. The number of carboxylic acid groups (broad SMARTS) is 1. The summed E-state index contributed by atoms with van der Waals surface area (Å²) in [5.41, 5.74) is -1.52. The van der Waals surface area contributed by atoms with Crippen LogP contribution in [0.1, 0.15) is 21.6 Å². The van der Waals surface area contributed by atoms with Crippen molar-refractivity contribution in [3.05, 3.63) is 47.4 Å². The van der Waals surface area contributed by atoms with Crippen molar-refractivity contribution in [2.75, 3.05) is 7.11 Å². The van der Waals surface area contributed by atoms with Crippen molar-refractivity contribution in [1.82, 2.24) is 9.55 Å². The lowest BCUT2D eigenvalue weighted by atomic mass is 10.2. The first kappa shape index (κ1) is 14.9. The first-order valence-electron chi connectivity index (χ1n) is 5.81. The van der Waals surface area contributed by atoms with E-state index in [-0.39, 0.29) is 6.54 Å². The van der Waals surface area contributed by atoms with Gasteiger partial charge in [0.1, 0.15) is 0 Å². The van der Waals surface area contributed by atoms with Crippen molar-refractivity contribution < 1.29 is 27.8 Å². The molecular formula is C13H11F3N2O3. The minimum absolute atomic E-state index is 0.00750. The molecule has 2 aromatic rings. The van der Waals surface area contributed by atoms with Gasteiger partial charge in [0.05, 0.1) is 30.5 Å². The van der Waals surface area contributed by atoms with E-state index in [1.807, 2.05) is 0 Å². The molecule has 0 aliphatic rings. The standard InChI is InChI=1S/C13H11F3N2O3/c1-21-11-4-2-3-8(17-11)5-18-6-9(12(19)20)10(7-18)13(14,15)16/h2-4,6-7H,5H2,1H3,(H,19,20). The van der Waals surface area contributed by atoms with Crippen molar-refractivity contribution in [3.63, 3.8) is 0 Å². The number of pyridine rings is 1. The molecule has 112 valence electrons. The Morgan fingerprint density at radius 3 is 2.62 bits per heavy atom. The molecule has 0 spiro atoms. The first-order chi connectivity index (χ1) is 9.81. The fourth-order valence-corrected chi connectivity index (χ4v) is 1.84. The Kier molecular flexibility index (Phi) is 3.88. The lowest BCUT2D eigenvalue weighted by Gasteiger charge is -2.05. The molecule has 5 nitrogen and oxygen atoms in total. The zero-order valence-corrected chi connectivity index (χ0v) is 10.9. The van der Waals surface area contributed by atoms with Crippen LogP contribution in [0.5, 0.6) is 5.88 Å². The molecule has 0 radical (unpaired) electrons. The van der Waals surface area contributed by atoms with Crippen molar-refractivity contribution in [2.24, 2.45) is 0 Å². The highest BCUT2D eigenvalue weighted by molar-refractivity contribution is 5.89. The highest BCUT2D eigenvalue weighted by Crippen LogP contribution is 2.32. The molecule has 1 N–H and O–H groups in total. The predicted octanol–water partition coefficient (Wildman–Crippen LogP) is 2.66. The zero-order chi connectivity index (χ0) is 15.6. The molecule has 0 saturated heterocycles. The third kappa shape index (κ3) is 3.33. The second kappa shape index (κ2) is 5.47. The minimum Gasteiger partial charge on any atom is -0.481 e. The third-order valence-corrected chi connectivity index (χ3v) is 2.75. The van der Waals surface area contributed by atoms with E-state index in [4.69, 9.17) is 9.84 Å². The average molecular weight is 300 g/mol. The summed E-state index contributed by atoms with van der Waals surface area (Å²) < 4.78 is 44.4. The molecule has 0 atom stereocenters. The normalized spacial score (nSPS) is 11.4. The number of hydrogen-bond acceptors (Lipinski definition) is 3. The van der Waals surface area contributed by atoms with Gasteiger partial charge in [0.2, 0.25) is 5.88 Å². The van der Waals surface area contributed by atoms with Gasteiger partial charge in [0, 0.05) is 18.5 Å². The molecular weight excluding hydrogens is 289 g/mol. The summed E-state index contributed by atoms with van der Waals surface area (Å²) in [6, 6.07) is 4.85. The molecule has 2 aromatic heterocycles. The van der Waals surface area contributed by atoms with Crippen LogP contribution in [-0.4, -0.2) is 27.7 Å². The highest BCUT2D eigenvalue weighted by atomic mass is 19.4. The summed E-state index contributed by atoms with van der Waals surface area (Å²) in [5.74, 6) is -1.30. The number of carbonyl (C=O) groups is 1. The molecule has 8 heteroatoms. The minimum atomic E-state index is -4.72. The van der Waals surface area contributed by atoms with Gasteiger partial charge in [0.15, 0.2) is 0 Å². The molecule has 21 heavy (non-hydrogen) atoms. The molecule has 0 fully saturated rings. The number of ether oxygens (including phenoxy) is 1. The first-order valence-corrected chi connectivity index (χ1v) is 5.81. The number of aromatic carboxylic acids is 1. The van der Waals surface area contributed by atoms with E-state index < -0.39 is 23.3 Å². The van der Waals surface area contributed by atoms with E-state index in [0.717, 1.165) is 17.0 Å². The highest BCUT2D eigenvalue weighted by Gasteiger charge is 2.37. The number of aromatic nitrogens is 2. The van der Waals surface area contributed by atoms with Gasteiger partial charge in [0.25, 0.3) is 0 Å². The van der Waals surface area contributed by atoms with Gasteiger partial charge in [-0.2, -0.15) is 13.2 Å².